The lowest BCUT2D eigenvalue weighted by Gasteiger charge is -2.09. The highest BCUT2D eigenvalue weighted by atomic mass is 16.5. The van der Waals surface area contributed by atoms with Crippen LogP contribution < -0.4 is 10.1 Å². The maximum Gasteiger partial charge on any atom is 0.218 e. The largest absolute Gasteiger partial charge is 0.481 e. The Balaban J connectivity index is 2.07. The van der Waals surface area contributed by atoms with E-state index in [0.717, 1.165) is 11.4 Å². The molecule has 0 aliphatic rings. The fourth-order valence-electron chi connectivity index (χ4n) is 1.56. The number of nitrogens with zero attached hydrogens (tertiary/aromatic N) is 2. The van der Waals surface area contributed by atoms with Gasteiger partial charge in [-0.15, -0.1) is 0 Å². The number of ether oxygens (including phenoxy) is 1. The minimum Gasteiger partial charge on any atom is -0.481 e. The summed E-state index contributed by atoms with van der Waals surface area (Å²) in [6.45, 7) is 2.69. The average Bonchev–Trinajstić information content (AvgIpc) is 2.37. The first-order chi connectivity index (χ1) is 8.29. The van der Waals surface area contributed by atoms with Gasteiger partial charge in [0.2, 0.25) is 5.88 Å². The van der Waals surface area contributed by atoms with Crippen molar-refractivity contribution in [3.63, 3.8) is 0 Å². The van der Waals surface area contributed by atoms with E-state index >= 15 is 0 Å². The standard InChI is InChI=1S/C13H15N3O/c1-10-5-7-14-12(8-10)16-9-11-4-3-6-15-13(11)17-2/h3-8H,9H2,1-2H3,(H,14,16). The van der Waals surface area contributed by atoms with Crippen LogP contribution in [0, 0.1) is 6.92 Å². The van der Waals surface area contributed by atoms with Gasteiger partial charge >= 0.3 is 0 Å². The number of aromatic nitrogens is 2. The van der Waals surface area contributed by atoms with Gasteiger partial charge < -0.3 is 10.1 Å². The topological polar surface area (TPSA) is 47.0 Å². The van der Waals surface area contributed by atoms with Crippen LogP contribution >= 0.6 is 0 Å². The number of aryl methyl sites for hydroxylation is 1. The minimum atomic E-state index is 0.646. The molecule has 0 saturated carbocycles. The number of nitrogens with one attached hydrogen (secondary N) is 1. The van der Waals surface area contributed by atoms with Crippen molar-refractivity contribution < 1.29 is 4.74 Å². The summed E-state index contributed by atoms with van der Waals surface area (Å²) in [6.07, 6.45) is 3.51. The van der Waals surface area contributed by atoms with Crippen molar-refractivity contribution in [3.05, 3.63) is 47.8 Å². The van der Waals surface area contributed by atoms with Gasteiger partial charge in [0.1, 0.15) is 5.82 Å². The number of anilines is 1. The second kappa shape index (κ2) is 5.30. The Morgan fingerprint density at radius 3 is 2.88 bits per heavy atom. The first kappa shape index (κ1) is 11.4. The monoisotopic (exact) mass is 229 g/mol. The number of methoxy groups -OCH3 is 1. The molecule has 2 aromatic heterocycles. The maximum absolute atomic E-state index is 5.19. The molecule has 2 aromatic rings. The number of pyridine rings is 2. The Bertz CT molecular complexity index is 500. The molecule has 0 amide bonds. The molecule has 0 bridgehead atoms. The van der Waals surface area contributed by atoms with Crippen LogP contribution in [0.1, 0.15) is 11.1 Å². The van der Waals surface area contributed by atoms with Crippen molar-refractivity contribution in [1.29, 1.82) is 0 Å². The van der Waals surface area contributed by atoms with Crippen molar-refractivity contribution in [2.45, 2.75) is 13.5 Å². The van der Waals surface area contributed by atoms with Gasteiger partial charge in [0.15, 0.2) is 0 Å². The van der Waals surface area contributed by atoms with E-state index in [1.54, 1.807) is 19.5 Å². The van der Waals surface area contributed by atoms with Crippen LogP contribution in [0.3, 0.4) is 0 Å². The highest BCUT2D eigenvalue weighted by Crippen LogP contribution is 2.15. The smallest absolute Gasteiger partial charge is 0.218 e. The highest BCUT2D eigenvalue weighted by molar-refractivity contribution is 5.39. The third kappa shape index (κ3) is 2.93. The molecule has 0 atom stereocenters. The van der Waals surface area contributed by atoms with Gasteiger partial charge in [-0.3, -0.25) is 0 Å². The van der Waals surface area contributed by atoms with Crippen molar-refractivity contribution in [1.82, 2.24) is 9.97 Å². The molecule has 4 heteroatoms. The van der Waals surface area contributed by atoms with E-state index in [9.17, 15) is 0 Å². The number of hydrogen-bond donors (Lipinski definition) is 1. The number of hydrogen-bond acceptors (Lipinski definition) is 4. The van der Waals surface area contributed by atoms with Gasteiger partial charge in [0.25, 0.3) is 0 Å². The summed E-state index contributed by atoms with van der Waals surface area (Å²) >= 11 is 0. The summed E-state index contributed by atoms with van der Waals surface area (Å²) in [5.74, 6) is 1.50. The molecular formula is C13H15N3O. The zero-order chi connectivity index (χ0) is 12.1. The van der Waals surface area contributed by atoms with E-state index in [-0.39, 0.29) is 0 Å². The van der Waals surface area contributed by atoms with E-state index in [2.05, 4.69) is 15.3 Å². The quantitative estimate of drug-likeness (QED) is 0.874. The Hall–Kier alpha value is -2.10. The molecule has 4 nitrogen and oxygen atoms in total. The van der Waals surface area contributed by atoms with Crippen LogP contribution in [0.5, 0.6) is 5.88 Å². The van der Waals surface area contributed by atoms with Crippen LogP contribution in [-0.2, 0) is 6.54 Å². The van der Waals surface area contributed by atoms with Crippen LogP contribution in [0.2, 0.25) is 0 Å². The summed E-state index contributed by atoms with van der Waals surface area (Å²) in [5, 5.41) is 3.25. The molecule has 88 valence electrons. The third-order valence-corrected chi connectivity index (χ3v) is 2.42. The van der Waals surface area contributed by atoms with Gasteiger partial charge in [0.05, 0.1) is 7.11 Å². The maximum atomic E-state index is 5.19. The Morgan fingerprint density at radius 1 is 1.24 bits per heavy atom. The van der Waals surface area contributed by atoms with Crippen molar-refractivity contribution >= 4 is 5.82 Å². The summed E-state index contributed by atoms with van der Waals surface area (Å²) < 4.78 is 5.19. The second-order valence-corrected chi connectivity index (χ2v) is 3.74. The molecule has 0 aliphatic carbocycles. The minimum absolute atomic E-state index is 0.646. The summed E-state index contributed by atoms with van der Waals surface area (Å²) in [4.78, 5) is 8.38. The van der Waals surface area contributed by atoms with E-state index in [4.69, 9.17) is 4.74 Å². The van der Waals surface area contributed by atoms with Gasteiger partial charge in [-0.1, -0.05) is 6.07 Å². The summed E-state index contributed by atoms with van der Waals surface area (Å²) in [5.41, 5.74) is 2.19. The van der Waals surface area contributed by atoms with Crippen LogP contribution in [0.4, 0.5) is 5.82 Å². The van der Waals surface area contributed by atoms with Gasteiger partial charge in [-0.2, -0.15) is 0 Å². The first-order valence-electron chi connectivity index (χ1n) is 5.44. The van der Waals surface area contributed by atoms with Crippen molar-refractivity contribution in [3.8, 4) is 5.88 Å². The summed E-state index contributed by atoms with van der Waals surface area (Å²) in [7, 11) is 1.62. The molecule has 0 fully saturated rings. The highest BCUT2D eigenvalue weighted by Gasteiger charge is 2.02. The lowest BCUT2D eigenvalue weighted by atomic mass is 10.2. The van der Waals surface area contributed by atoms with Crippen molar-refractivity contribution in [2.24, 2.45) is 0 Å². The van der Waals surface area contributed by atoms with E-state index in [1.165, 1.54) is 5.56 Å². The Labute approximate surface area is 101 Å². The molecule has 0 aliphatic heterocycles. The van der Waals surface area contributed by atoms with E-state index in [1.807, 2.05) is 31.2 Å². The molecule has 0 unspecified atom stereocenters. The predicted molar refractivity (Wildman–Crippen MR) is 67.1 cm³/mol. The number of rotatable bonds is 4. The Kier molecular flexibility index (Phi) is 3.55. The van der Waals surface area contributed by atoms with Crippen LogP contribution in [0.25, 0.3) is 0 Å². The third-order valence-electron chi connectivity index (χ3n) is 2.42. The predicted octanol–water partition coefficient (Wildman–Crippen LogP) is 2.41. The first-order valence-corrected chi connectivity index (χ1v) is 5.44. The normalized spacial score (nSPS) is 10.0. The lowest BCUT2D eigenvalue weighted by Crippen LogP contribution is -2.04. The molecule has 1 N–H and O–H groups in total. The second-order valence-electron chi connectivity index (χ2n) is 3.74. The van der Waals surface area contributed by atoms with Gasteiger partial charge in [-0.05, 0) is 30.7 Å². The SMILES string of the molecule is COc1ncccc1CNc1cc(C)ccn1. The molecular weight excluding hydrogens is 214 g/mol. The summed E-state index contributed by atoms with van der Waals surface area (Å²) in [6, 6.07) is 7.84. The fraction of sp³-hybridized carbons (Fsp3) is 0.231. The molecule has 0 radical (unpaired) electrons. The Morgan fingerprint density at radius 2 is 2.12 bits per heavy atom. The zero-order valence-electron chi connectivity index (χ0n) is 9.97. The van der Waals surface area contributed by atoms with E-state index in [0.29, 0.717) is 12.4 Å². The molecule has 0 saturated heterocycles. The zero-order valence-corrected chi connectivity index (χ0v) is 9.97. The fourth-order valence-corrected chi connectivity index (χ4v) is 1.56. The van der Waals surface area contributed by atoms with Crippen LogP contribution in [-0.4, -0.2) is 17.1 Å². The van der Waals surface area contributed by atoms with Crippen LogP contribution in [0.15, 0.2) is 36.7 Å². The molecule has 0 aromatic carbocycles. The van der Waals surface area contributed by atoms with Gasteiger partial charge in [-0.25, -0.2) is 9.97 Å². The lowest BCUT2D eigenvalue weighted by molar-refractivity contribution is 0.393. The average molecular weight is 229 g/mol. The van der Waals surface area contributed by atoms with Gasteiger partial charge in [0, 0.05) is 24.5 Å². The van der Waals surface area contributed by atoms with Crippen molar-refractivity contribution in [2.75, 3.05) is 12.4 Å². The molecule has 2 rings (SSSR count). The van der Waals surface area contributed by atoms with E-state index < -0.39 is 0 Å². The molecule has 2 heterocycles. The molecule has 17 heavy (non-hydrogen) atoms. The molecule has 0 spiro atoms.